The second-order valence-corrected chi connectivity index (χ2v) is 6.25. The second-order valence-electron chi connectivity index (χ2n) is 4.03. The van der Waals surface area contributed by atoms with Crippen molar-refractivity contribution in [3.05, 3.63) is 28.5 Å². The third-order valence-corrected chi connectivity index (χ3v) is 4.37. The molecule has 1 atom stereocenters. The van der Waals surface area contributed by atoms with E-state index in [9.17, 15) is 9.59 Å². The minimum absolute atomic E-state index is 0.108. The Morgan fingerprint density at radius 3 is 3.00 bits per heavy atom. The molecule has 102 valence electrons. The van der Waals surface area contributed by atoms with Gasteiger partial charge in [0.05, 0.1) is 12.7 Å². The SMILES string of the molecule is COC(=O)[C@H]1CN(C(=O)c2cncc(Br)c2)CCS1. The smallest absolute Gasteiger partial charge is 0.320 e. The normalized spacial score (nSPS) is 19.1. The van der Waals surface area contributed by atoms with Crippen LogP contribution in [0.25, 0.3) is 0 Å². The Labute approximate surface area is 123 Å². The summed E-state index contributed by atoms with van der Waals surface area (Å²) in [6.07, 6.45) is 3.15. The number of amides is 1. The fraction of sp³-hybridized carbons (Fsp3) is 0.417. The fourth-order valence-corrected chi connectivity index (χ4v) is 3.31. The first-order valence-corrected chi connectivity index (χ1v) is 7.55. The van der Waals surface area contributed by atoms with Crippen LogP contribution in [0.15, 0.2) is 22.9 Å². The Hall–Kier alpha value is -1.08. The Bertz CT molecular complexity index is 498. The van der Waals surface area contributed by atoms with Gasteiger partial charge in [0, 0.05) is 35.7 Å². The van der Waals surface area contributed by atoms with Crippen LogP contribution < -0.4 is 0 Å². The molecule has 1 aromatic heterocycles. The largest absolute Gasteiger partial charge is 0.468 e. The van der Waals surface area contributed by atoms with Gasteiger partial charge in [-0.2, -0.15) is 0 Å². The van der Waals surface area contributed by atoms with Crippen molar-refractivity contribution >= 4 is 39.6 Å². The van der Waals surface area contributed by atoms with Crippen LogP contribution in [0.2, 0.25) is 0 Å². The molecule has 1 amide bonds. The molecule has 19 heavy (non-hydrogen) atoms. The molecule has 0 spiro atoms. The first kappa shape index (κ1) is 14.3. The molecule has 7 heteroatoms. The van der Waals surface area contributed by atoms with Crippen LogP contribution in [0.3, 0.4) is 0 Å². The highest BCUT2D eigenvalue weighted by Gasteiger charge is 2.30. The van der Waals surface area contributed by atoms with Crippen molar-refractivity contribution in [1.29, 1.82) is 0 Å². The third kappa shape index (κ3) is 3.48. The molecule has 1 aliphatic heterocycles. The first-order valence-electron chi connectivity index (χ1n) is 5.71. The van der Waals surface area contributed by atoms with E-state index < -0.39 is 0 Å². The summed E-state index contributed by atoms with van der Waals surface area (Å²) in [4.78, 5) is 29.5. The van der Waals surface area contributed by atoms with E-state index in [4.69, 9.17) is 4.74 Å². The van der Waals surface area contributed by atoms with Crippen LogP contribution in [0, 0.1) is 0 Å². The molecule has 0 radical (unpaired) electrons. The van der Waals surface area contributed by atoms with Crippen LogP contribution in [0.5, 0.6) is 0 Å². The first-order chi connectivity index (χ1) is 9.11. The number of nitrogens with zero attached hydrogens (tertiary/aromatic N) is 2. The summed E-state index contributed by atoms with van der Waals surface area (Å²) < 4.78 is 5.48. The van der Waals surface area contributed by atoms with Crippen LogP contribution in [0.4, 0.5) is 0 Å². The lowest BCUT2D eigenvalue weighted by molar-refractivity contribution is -0.140. The number of hydrogen-bond acceptors (Lipinski definition) is 5. The number of thioether (sulfide) groups is 1. The topological polar surface area (TPSA) is 59.5 Å². The highest BCUT2D eigenvalue weighted by molar-refractivity contribution is 9.10. The van der Waals surface area contributed by atoms with Gasteiger partial charge >= 0.3 is 5.97 Å². The van der Waals surface area contributed by atoms with Gasteiger partial charge in [0.15, 0.2) is 0 Å². The maximum atomic E-state index is 12.3. The summed E-state index contributed by atoms with van der Waals surface area (Å²) in [5, 5.41) is -0.303. The van der Waals surface area contributed by atoms with E-state index >= 15 is 0 Å². The summed E-state index contributed by atoms with van der Waals surface area (Å²) in [5.41, 5.74) is 0.518. The van der Waals surface area contributed by atoms with Crippen LogP contribution in [0.1, 0.15) is 10.4 Å². The standard InChI is InChI=1S/C12H13BrN2O3S/c1-18-12(17)10-7-15(2-3-19-10)11(16)8-4-9(13)6-14-5-8/h4-6,10H,2-3,7H2,1H3/t10-/m1/s1. The molecule has 2 rings (SSSR count). The predicted molar refractivity (Wildman–Crippen MR) is 76.1 cm³/mol. The fourth-order valence-electron chi connectivity index (χ4n) is 1.82. The predicted octanol–water partition coefficient (Wildman–Crippen LogP) is 1.57. The van der Waals surface area contributed by atoms with E-state index in [-0.39, 0.29) is 17.1 Å². The van der Waals surface area contributed by atoms with Crippen molar-refractivity contribution in [3.63, 3.8) is 0 Å². The summed E-state index contributed by atoms with van der Waals surface area (Å²) >= 11 is 4.81. The average Bonchev–Trinajstić information content (AvgIpc) is 2.45. The van der Waals surface area contributed by atoms with E-state index in [2.05, 4.69) is 20.9 Å². The number of ether oxygens (including phenoxy) is 1. The van der Waals surface area contributed by atoms with Gasteiger partial charge in [-0.15, -0.1) is 11.8 Å². The van der Waals surface area contributed by atoms with Crippen molar-refractivity contribution < 1.29 is 14.3 Å². The van der Waals surface area contributed by atoms with Crippen molar-refractivity contribution in [1.82, 2.24) is 9.88 Å². The Morgan fingerprint density at radius 2 is 2.32 bits per heavy atom. The van der Waals surface area contributed by atoms with Gasteiger partial charge in [-0.3, -0.25) is 14.6 Å². The number of carbonyl (C=O) groups excluding carboxylic acids is 2. The number of esters is 1. The van der Waals surface area contributed by atoms with Crippen molar-refractivity contribution in [2.75, 3.05) is 26.0 Å². The maximum Gasteiger partial charge on any atom is 0.320 e. The number of rotatable bonds is 2. The molecule has 0 bridgehead atoms. The molecule has 0 aliphatic carbocycles. The highest BCUT2D eigenvalue weighted by Crippen LogP contribution is 2.21. The summed E-state index contributed by atoms with van der Waals surface area (Å²) in [7, 11) is 1.36. The lowest BCUT2D eigenvalue weighted by atomic mass is 10.2. The van der Waals surface area contributed by atoms with E-state index in [1.165, 1.54) is 25.1 Å². The molecule has 0 N–H and O–H groups in total. The Kier molecular flexibility index (Phi) is 4.81. The average molecular weight is 345 g/mol. The van der Waals surface area contributed by atoms with Crippen LogP contribution in [-0.2, 0) is 9.53 Å². The summed E-state index contributed by atoms with van der Waals surface area (Å²) in [6.45, 7) is 1.01. The zero-order chi connectivity index (χ0) is 13.8. The van der Waals surface area contributed by atoms with E-state index in [0.29, 0.717) is 18.7 Å². The van der Waals surface area contributed by atoms with Gasteiger partial charge in [0.1, 0.15) is 5.25 Å². The molecule has 1 aliphatic rings. The number of aromatic nitrogens is 1. The van der Waals surface area contributed by atoms with Gasteiger partial charge in [0.25, 0.3) is 5.91 Å². The Morgan fingerprint density at radius 1 is 1.53 bits per heavy atom. The molecule has 1 aromatic rings. The molecule has 0 saturated carbocycles. The number of carbonyl (C=O) groups is 2. The molecular weight excluding hydrogens is 332 g/mol. The van der Waals surface area contributed by atoms with Crippen molar-refractivity contribution in [2.45, 2.75) is 5.25 Å². The number of methoxy groups -OCH3 is 1. The minimum Gasteiger partial charge on any atom is -0.468 e. The molecule has 1 fully saturated rings. The van der Waals surface area contributed by atoms with Gasteiger partial charge in [-0.25, -0.2) is 0 Å². The Balaban J connectivity index is 2.09. The number of hydrogen-bond donors (Lipinski definition) is 0. The minimum atomic E-state index is -0.303. The van der Waals surface area contributed by atoms with Gasteiger partial charge < -0.3 is 9.64 Å². The molecule has 2 heterocycles. The quantitative estimate of drug-likeness (QED) is 0.762. The van der Waals surface area contributed by atoms with E-state index in [0.717, 1.165) is 10.2 Å². The zero-order valence-corrected chi connectivity index (χ0v) is 12.7. The van der Waals surface area contributed by atoms with Crippen LogP contribution in [-0.4, -0.2) is 53.0 Å². The summed E-state index contributed by atoms with van der Waals surface area (Å²) in [6, 6.07) is 1.73. The van der Waals surface area contributed by atoms with Gasteiger partial charge in [-0.05, 0) is 22.0 Å². The zero-order valence-electron chi connectivity index (χ0n) is 10.3. The number of pyridine rings is 1. The number of halogens is 1. The van der Waals surface area contributed by atoms with Gasteiger partial charge in [-0.1, -0.05) is 0 Å². The van der Waals surface area contributed by atoms with Crippen molar-refractivity contribution in [2.24, 2.45) is 0 Å². The van der Waals surface area contributed by atoms with E-state index in [1.54, 1.807) is 17.2 Å². The third-order valence-electron chi connectivity index (χ3n) is 2.77. The van der Waals surface area contributed by atoms with Crippen LogP contribution >= 0.6 is 27.7 Å². The molecule has 0 unspecified atom stereocenters. The lowest BCUT2D eigenvalue weighted by Crippen LogP contribution is -2.45. The summed E-state index contributed by atoms with van der Waals surface area (Å²) in [5.74, 6) is 0.338. The molecular formula is C12H13BrN2O3S. The lowest BCUT2D eigenvalue weighted by Gasteiger charge is -2.30. The van der Waals surface area contributed by atoms with Gasteiger partial charge in [0.2, 0.25) is 0 Å². The highest BCUT2D eigenvalue weighted by atomic mass is 79.9. The van der Waals surface area contributed by atoms with Crippen molar-refractivity contribution in [3.8, 4) is 0 Å². The van der Waals surface area contributed by atoms with E-state index in [1.807, 2.05) is 0 Å². The molecule has 0 aromatic carbocycles. The maximum absolute atomic E-state index is 12.3. The monoisotopic (exact) mass is 344 g/mol. The molecule has 5 nitrogen and oxygen atoms in total. The second kappa shape index (κ2) is 6.38. The molecule has 1 saturated heterocycles.